The van der Waals surface area contributed by atoms with E-state index >= 15 is 0 Å². The third-order valence-electron chi connectivity index (χ3n) is 3.53. The van der Waals surface area contributed by atoms with E-state index in [0.717, 1.165) is 6.42 Å². The van der Waals surface area contributed by atoms with Gasteiger partial charge in [0.1, 0.15) is 5.82 Å². The molecular formula is C17H21BrFN3O2. The molecule has 24 heavy (non-hydrogen) atoms. The highest BCUT2D eigenvalue weighted by atomic mass is 79.9. The summed E-state index contributed by atoms with van der Waals surface area (Å²) >= 11 is 3.21. The van der Waals surface area contributed by atoms with E-state index in [9.17, 15) is 9.18 Å². The zero-order valence-corrected chi connectivity index (χ0v) is 15.4. The molecule has 0 aliphatic heterocycles. The first-order valence-corrected chi connectivity index (χ1v) is 8.78. The van der Waals surface area contributed by atoms with Gasteiger partial charge in [-0.1, -0.05) is 41.0 Å². The minimum absolute atomic E-state index is 0.0919. The first-order chi connectivity index (χ1) is 11.5. The van der Waals surface area contributed by atoms with E-state index in [1.54, 1.807) is 12.1 Å². The molecule has 0 fully saturated rings. The normalized spacial score (nSPS) is 11.0. The first-order valence-electron chi connectivity index (χ1n) is 7.99. The number of carbonyl (C=O) groups is 1. The third-order valence-corrected chi connectivity index (χ3v) is 4.02. The van der Waals surface area contributed by atoms with Crippen LogP contribution in [-0.2, 0) is 17.6 Å². The molecule has 1 aromatic carbocycles. The van der Waals surface area contributed by atoms with Crippen LogP contribution >= 0.6 is 15.9 Å². The van der Waals surface area contributed by atoms with Gasteiger partial charge in [0.25, 0.3) is 0 Å². The highest BCUT2D eigenvalue weighted by molar-refractivity contribution is 9.10. The lowest BCUT2D eigenvalue weighted by Crippen LogP contribution is -2.25. The van der Waals surface area contributed by atoms with Crippen molar-refractivity contribution in [3.05, 3.63) is 45.8 Å². The SMILES string of the molecule is CC(C)c1noc(CCCNC(=O)CCc2ccc(Br)cc2F)n1. The average Bonchev–Trinajstić information content (AvgIpc) is 3.00. The van der Waals surface area contributed by atoms with Crippen LogP contribution in [0.25, 0.3) is 0 Å². The summed E-state index contributed by atoms with van der Waals surface area (Å²) in [5, 5.41) is 6.72. The molecule has 2 rings (SSSR count). The molecular weight excluding hydrogens is 377 g/mol. The van der Waals surface area contributed by atoms with Crippen LogP contribution < -0.4 is 5.32 Å². The molecule has 1 N–H and O–H groups in total. The highest BCUT2D eigenvalue weighted by Gasteiger charge is 2.10. The maximum atomic E-state index is 13.7. The molecule has 0 saturated carbocycles. The van der Waals surface area contributed by atoms with E-state index < -0.39 is 0 Å². The number of aromatic nitrogens is 2. The van der Waals surface area contributed by atoms with Gasteiger partial charge in [-0.3, -0.25) is 4.79 Å². The molecule has 0 atom stereocenters. The summed E-state index contributed by atoms with van der Waals surface area (Å²) in [5.41, 5.74) is 0.542. The Hall–Kier alpha value is -1.76. The summed E-state index contributed by atoms with van der Waals surface area (Å²) in [4.78, 5) is 16.1. The van der Waals surface area contributed by atoms with Crippen LogP contribution in [-0.4, -0.2) is 22.6 Å². The number of aryl methyl sites for hydroxylation is 2. The molecule has 0 aliphatic rings. The van der Waals surface area contributed by atoms with Gasteiger partial charge in [0.05, 0.1) is 0 Å². The van der Waals surface area contributed by atoms with Gasteiger partial charge in [-0.05, 0) is 30.5 Å². The summed E-state index contributed by atoms with van der Waals surface area (Å²) in [5.74, 6) is 1.14. The number of hydrogen-bond donors (Lipinski definition) is 1. The number of rotatable bonds is 8. The van der Waals surface area contributed by atoms with E-state index in [0.29, 0.717) is 41.1 Å². The Kier molecular flexibility index (Phi) is 6.90. The monoisotopic (exact) mass is 397 g/mol. The summed E-state index contributed by atoms with van der Waals surface area (Å²) in [6.07, 6.45) is 1.99. The van der Waals surface area contributed by atoms with Crippen molar-refractivity contribution in [2.24, 2.45) is 0 Å². The first kappa shape index (κ1) is 18.6. The van der Waals surface area contributed by atoms with Crippen LogP contribution in [0, 0.1) is 5.82 Å². The zero-order chi connectivity index (χ0) is 17.5. The zero-order valence-electron chi connectivity index (χ0n) is 13.8. The molecule has 0 radical (unpaired) electrons. The lowest BCUT2D eigenvalue weighted by molar-refractivity contribution is -0.121. The van der Waals surface area contributed by atoms with Crippen molar-refractivity contribution in [3.63, 3.8) is 0 Å². The van der Waals surface area contributed by atoms with Gasteiger partial charge in [0.2, 0.25) is 11.8 Å². The topological polar surface area (TPSA) is 68.0 Å². The van der Waals surface area contributed by atoms with Gasteiger partial charge in [0.15, 0.2) is 5.82 Å². The molecule has 130 valence electrons. The molecule has 1 aromatic heterocycles. The number of carbonyl (C=O) groups excluding carboxylic acids is 1. The summed E-state index contributed by atoms with van der Waals surface area (Å²) in [6.45, 7) is 4.54. The third kappa shape index (κ3) is 5.70. The minimum atomic E-state index is -0.297. The quantitative estimate of drug-likeness (QED) is 0.688. The van der Waals surface area contributed by atoms with E-state index in [1.807, 2.05) is 13.8 Å². The van der Waals surface area contributed by atoms with Crippen molar-refractivity contribution in [2.45, 2.75) is 45.4 Å². The Bertz CT molecular complexity index is 688. The molecule has 7 heteroatoms. The van der Waals surface area contributed by atoms with Crippen LogP contribution in [0.3, 0.4) is 0 Å². The second-order valence-electron chi connectivity index (χ2n) is 5.89. The lowest BCUT2D eigenvalue weighted by Gasteiger charge is -2.05. The highest BCUT2D eigenvalue weighted by Crippen LogP contribution is 2.16. The smallest absolute Gasteiger partial charge is 0.226 e. The number of benzene rings is 1. The van der Waals surface area contributed by atoms with Crippen LogP contribution in [0.4, 0.5) is 4.39 Å². The summed E-state index contributed by atoms with van der Waals surface area (Å²) in [7, 11) is 0. The van der Waals surface area contributed by atoms with Gasteiger partial charge < -0.3 is 9.84 Å². The Morgan fingerprint density at radius 1 is 1.38 bits per heavy atom. The molecule has 0 bridgehead atoms. The molecule has 0 saturated heterocycles. The van der Waals surface area contributed by atoms with Crippen molar-refractivity contribution < 1.29 is 13.7 Å². The number of nitrogens with zero attached hydrogens (tertiary/aromatic N) is 2. The minimum Gasteiger partial charge on any atom is -0.356 e. The van der Waals surface area contributed by atoms with Crippen LogP contribution in [0.1, 0.15) is 49.9 Å². The van der Waals surface area contributed by atoms with Crippen LogP contribution in [0.5, 0.6) is 0 Å². The van der Waals surface area contributed by atoms with Crippen molar-refractivity contribution >= 4 is 21.8 Å². The molecule has 0 unspecified atom stereocenters. The predicted octanol–water partition coefficient (Wildman–Crippen LogP) is 3.78. The number of halogens is 2. The largest absolute Gasteiger partial charge is 0.356 e. The molecule has 5 nitrogen and oxygen atoms in total. The fraction of sp³-hybridized carbons (Fsp3) is 0.471. The van der Waals surface area contributed by atoms with Crippen molar-refractivity contribution in [3.8, 4) is 0 Å². The maximum Gasteiger partial charge on any atom is 0.226 e. The number of nitrogens with one attached hydrogen (secondary N) is 1. The van der Waals surface area contributed by atoms with E-state index in [2.05, 4.69) is 31.4 Å². The molecule has 0 spiro atoms. The van der Waals surface area contributed by atoms with Gasteiger partial charge >= 0.3 is 0 Å². The number of hydrogen-bond acceptors (Lipinski definition) is 4. The summed E-state index contributed by atoms with van der Waals surface area (Å²) in [6, 6.07) is 4.86. The van der Waals surface area contributed by atoms with Crippen molar-refractivity contribution in [1.29, 1.82) is 0 Å². The average molecular weight is 398 g/mol. The van der Waals surface area contributed by atoms with Gasteiger partial charge in [0, 0.05) is 29.8 Å². The lowest BCUT2D eigenvalue weighted by atomic mass is 10.1. The Balaban J connectivity index is 1.66. The fourth-order valence-corrected chi connectivity index (χ4v) is 2.47. The number of amides is 1. The van der Waals surface area contributed by atoms with Crippen molar-refractivity contribution in [1.82, 2.24) is 15.5 Å². The molecule has 1 amide bonds. The Morgan fingerprint density at radius 2 is 2.17 bits per heavy atom. The maximum absolute atomic E-state index is 13.7. The van der Waals surface area contributed by atoms with Crippen molar-refractivity contribution in [2.75, 3.05) is 6.54 Å². The standard InChI is InChI=1S/C17H21BrFN3O2/c1-11(2)17-21-16(24-22-17)4-3-9-20-15(23)8-6-12-5-7-13(18)10-14(12)19/h5,7,10-11H,3-4,6,8-9H2,1-2H3,(H,20,23). The van der Waals surface area contributed by atoms with Crippen LogP contribution in [0.15, 0.2) is 27.2 Å². The Labute approximate surface area is 149 Å². The predicted molar refractivity (Wildman–Crippen MR) is 92.1 cm³/mol. The van der Waals surface area contributed by atoms with Gasteiger partial charge in [-0.15, -0.1) is 0 Å². The Morgan fingerprint density at radius 3 is 2.83 bits per heavy atom. The van der Waals surface area contributed by atoms with E-state index in [4.69, 9.17) is 4.52 Å². The second-order valence-corrected chi connectivity index (χ2v) is 6.81. The molecule has 0 aliphatic carbocycles. The summed E-state index contributed by atoms with van der Waals surface area (Å²) < 4.78 is 19.5. The van der Waals surface area contributed by atoms with Crippen LogP contribution in [0.2, 0.25) is 0 Å². The molecule has 2 aromatic rings. The fourth-order valence-electron chi connectivity index (χ4n) is 2.13. The van der Waals surface area contributed by atoms with E-state index in [1.165, 1.54) is 6.07 Å². The van der Waals surface area contributed by atoms with Gasteiger partial charge in [-0.2, -0.15) is 4.98 Å². The molecule has 1 heterocycles. The van der Waals surface area contributed by atoms with E-state index in [-0.39, 0.29) is 24.1 Å². The van der Waals surface area contributed by atoms with Gasteiger partial charge in [-0.25, -0.2) is 4.39 Å². The second kappa shape index (κ2) is 8.92.